The molecule has 0 amide bonds. The molecule has 4 aromatic rings. The van der Waals surface area contributed by atoms with Crippen molar-refractivity contribution in [3.05, 3.63) is 160 Å². The highest BCUT2D eigenvalue weighted by Gasteiger charge is 2.27. The second-order valence-corrected chi connectivity index (χ2v) is 10.5. The molecule has 0 unspecified atom stereocenters. The Kier molecular flexibility index (Phi) is 8.64. The van der Waals surface area contributed by atoms with E-state index < -0.39 is 10.2 Å². The molecule has 42 heavy (non-hydrogen) atoms. The highest BCUT2D eigenvalue weighted by molar-refractivity contribution is 6.22. The first kappa shape index (κ1) is 29.0. The molecule has 0 fully saturated rings. The molecule has 2 aliphatic rings. The average Bonchev–Trinajstić information content (AvgIpc) is 3.42. The molecule has 0 spiro atoms. The lowest BCUT2D eigenvalue weighted by Crippen LogP contribution is -2.68. The Balaban J connectivity index is 0.000000652. The van der Waals surface area contributed by atoms with Gasteiger partial charge < -0.3 is 4.74 Å². The maximum Gasteiger partial charge on any atom is 0.211 e. The van der Waals surface area contributed by atoms with Crippen LogP contribution in [0.4, 0.5) is 5.69 Å². The number of rotatable bonds is 4. The summed E-state index contributed by atoms with van der Waals surface area (Å²) in [7, 11) is -4.94. The topological polar surface area (TPSA) is 115 Å². The fourth-order valence-corrected chi connectivity index (χ4v) is 5.10. The number of allylic oxidation sites excluding steroid dienone is 6. The maximum absolute atomic E-state index is 8.49. The highest BCUT2D eigenvalue weighted by Crippen LogP contribution is 2.43. The molecule has 0 aliphatic carbocycles. The van der Waals surface area contributed by atoms with Crippen LogP contribution >= 0.6 is 0 Å². The van der Waals surface area contributed by atoms with Crippen molar-refractivity contribution in [2.75, 3.05) is 0 Å². The lowest BCUT2D eigenvalue weighted by Gasteiger charge is -2.27. The van der Waals surface area contributed by atoms with E-state index in [1.165, 1.54) is 27.8 Å². The van der Waals surface area contributed by atoms with Crippen molar-refractivity contribution in [1.82, 2.24) is 0 Å². The number of benzene rings is 4. The molecule has 0 atom stereocenters. The van der Waals surface area contributed by atoms with Gasteiger partial charge in [-0.15, -0.1) is 10.2 Å². The van der Waals surface area contributed by atoms with Crippen molar-refractivity contribution >= 4 is 34.6 Å². The minimum absolute atomic E-state index is 0.891. The van der Waals surface area contributed by atoms with Gasteiger partial charge in [0.05, 0.1) is 11.1 Å². The summed E-state index contributed by atoms with van der Waals surface area (Å²) >= 11 is 0. The van der Waals surface area contributed by atoms with E-state index in [9.17, 15) is 0 Å². The molecule has 6 nitrogen and oxygen atoms in total. The fourth-order valence-electron chi connectivity index (χ4n) is 5.10. The minimum Gasteiger partial charge on any atom is -0.456 e. The van der Waals surface area contributed by atoms with E-state index in [0.717, 1.165) is 39.5 Å². The van der Waals surface area contributed by atoms with E-state index in [2.05, 4.69) is 134 Å². The van der Waals surface area contributed by atoms with Gasteiger partial charge in [0.2, 0.25) is 5.69 Å². The number of hydrogen-bond acceptors (Lipinski definition) is 5. The van der Waals surface area contributed by atoms with Crippen LogP contribution in [0.2, 0.25) is 0 Å². The Bertz CT molecular complexity index is 1660. The van der Waals surface area contributed by atoms with Gasteiger partial charge in [-0.2, -0.15) is 0 Å². The summed E-state index contributed by atoms with van der Waals surface area (Å²) in [5, 5.41) is 0. The lowest BCUT2D eigenvalue weighted by atomic mass is 9.87. The summed E-state index contributed by atoms with van der Waals surface area (Å²) in [6, 6.07) is 39.9. The van der Waals surface area contributed by atoms with Crippen molar-refractivity contribution in [1.29, 1.82) is 0 Å². The van der Waals surface area contributed by atoms with Crippen molar-refractivity contribution in [2.24, 2.45) is 0 Å². The summed E-state index contributed by atoms with van der Waals surface area (Å²) in [5.74, 6) is 1.78. The van der Waals surface area contributed by atoms with Gasteiger partial charge >= 0.3 is 0 Å². The maximum atomic E-state index is 8.49. The van der Waals surface area contributed by atoms with Crippen LogP contribution in [-0.4, -0.2) is 6.21 Å². The Morgan fingerprint density at radius 3 is 1.62 bits per heavy atom. The smallest absolute Gasteiger partial charge is 0.211 e. The number of nitrogens with one attached hydrogen (secondary N) is 1. The van der Waals surface area contributed by atoms with Gasteiger partial charge in [-0.1, -0.05) is 103 Å². The second-order valence-electron chi connectivity index (χ2n) is 9.71. The molecular formula is C35H28ClNO5. The summed E-state index contributed by atoms with van der Waals surface area (Å²) in [6.07, 6.45) is 4.46. The molecule has 1 N–H and O–H groups in total. The van der Waals surface area contributed by atoms with Crippen LogP contribution in [0.15, 0.2) is 138 Å². The summed E-state index contributed by atoms with van der Waals surface area (Å²) in [4.78, 5) is 3.47. The number of hydrogen-bond donors (Lipinski definition) is 1. The van der Waals surface area contributed by atoms with Gasteiger partial charge in [0.25, 0.3) is 0 Å². The molecule has 0 aromatic heterocycles. The fraction of sp³-hybridized carbons (Fsp3) is 0.0571. The van der Waals surface area contributed by atoms with Crippen LogP contribution in [0.25, 0.3) is 22.7 Å². The third kappa shape index (κ3) is 6.66. The van der Waals surface area contributed by atoms with Crippen LogP contribution < -0.4 is 23.6 Å². The molecule has 0 saturated heterocycles. The average molecular weight is 578 g/mol. The predicted molar refractivity (Wildman–Crippen MR) is 154 cm³/mol. The van der Waals surface area contributed by atoms with Crippen LogP contribution in [0.1, 0.15) is 36.1 Å². The summed E-state index contributed by atoms with van der Waals surface area (Å²) in [5.41, 5.74) is 11.4. The third-order valence-electron chi connectivity index (χ3n) is 7.02. The normalized spacial score (nSPS) is 15.5. The highest BCUT2D eigenvalue weighted by atomic mass is 35.7. The second kappa shape index (κ2) is 12.5. The quantitative estimate of drug-likeness (QED) is 0.400. The van der Waals surface area contributed by atoms with Gasteiger partial charge in [-0.3, -0.25) is 0 Å². The Labute approximate surface area is 246 Å². The predicted octanol–water partition coefficient (Wildman–Crippen LogP) is 2.46. The van der Waals surface area contributed by atoms with E-state index in [1.54, 1.807) is 0 Å². The number of fused-ring (bicyclic) bond motifs is 1. The largest absolute Gasteiger partial charge is 0.456 e. The molecule has 4 aromatic carbocycles. The SMILES string of the molecule is CC1=C(c2ccccc2)OC(c2ccccc2)=C(C)C1=C/C(=C1/C=[NH+]c2ccccc21)c1ccccc1.[O-][Cl+3]([O-])([O-])[O-]. The summed E-state index contributed by atoms with van der Waals surface area (Å²) in [6.45, 7) is 4.33. The summed E-state index contributed by atoms with van der Waals surface area (Å²) < 4.78 is 40.6. The molecular weight excluding hydrogens is 550 g/mol. The van der Waals surface area contributed by atoms with Crippen molar-refractivity contribution in [3.63, 3.8) is 0 Å². The van der Waals surface area contributed by atoms with E-state index in [0.29, 0.717) is 0 Å². The molecule has 210 valence electrons. The molecule has 0 bridgehead atoms. The van der Waals surface area contributed by atoms with Crippen LogP contribution in [-0.2, 0) is 4.74 Å². The molecule has 0 radical (unpaired) electrons. The van der Waals surface area contributed by atoms with E-state index >= 15 is 0 Å². The van der Waals surface area contributed by atoms with Gasteiger partial charge in [-0.25, -0.2) is 23.6 Å². The van der Waals surface area contributed by atoms with Gasteiger partial charge in [0.1, 0.15) is 11.5 Å². The van der Waals surface area contributed by atoms with Crippen LogP contribution in [0.3, 0.4) is 0 Å². The molecule has 2 aliphatic heterocycles. The molecule has 6 rings (SSSR count). The molecule has 0 saturated carbocycles. The first-order valence-electron chi connectivity index (χ1n) is 13.2. The Morgan fingerprint density at radius 2 is 1.10 bits per heavy atom. The van der Waals surface area contributed by atoms with Crippen molar-refractivity contribution < 1.29 is 38.6 Å². The monoisotopic (exact) mass is 577 g/mol. The van der Waals surface area contributed by atoms with Crippen LogP contribution in [0, 0.1) is 10.2 Å². The van der Waals surface area contributed by atoms with Gasteiger partial charge in [0, 0.05) is 17.2 Å². The zero-order valence-corrected chi connectivity index (χ0v) is 23.8. The third-order valence-corrected chi connectivity index (χ3v) is 7.02. The first-order valence-corrected chi connectivity index (χ1v) is 14.5. The van der Waals surface area contributed by atoms with Gasteiger partial charge in [-0.05, 0) is 53.8 Å². The number of halogens is 1. The van der Waals surface area contributed by atoms with E-state index in [4.69, 9.17) is 23.4 Å². The first-order chi connectivity index (χ1) is 20.2. The van der Waals surface area contributed by atoms with E-state index in [1.807, 2.05) is 12.1 Å². The molecule has 7 heteroatoms. The minimum atomic E-state index is -4.94. The Morgan fingerprint density at radius 1 is 0.643 bits per heavy atom. The zero-order valence-electron chi connectivity index (χ0n) is 23.0. The van der Waals surface area contributed by atoms with Gasteiger partial charge in [0.15, 0.2) is 6.21 Å². The van der Waals surface area contributed by atoms with Crippen molar-refractivity contribution in [2.45, 2.75) is 13.8 Å². The lowest BCUT2D eigenvalue weighted by molar-refractivity contribution is -2.00. The zero-order chi connectivity index (χ0) is 29.7. The standard InChI is InChI=1S/C35H27NO.ClHO4/c1-24-30(22-31(26-14-6-3-7-15-26)32-23-36-33-21-13-12-20-29(32)33)25(2)35(28-18-10-5-11-19-28)37-34(24)27-16-8-4-9-17-27;2-1(3,4)5/h3-23H,1-2H3;(H,2,3,4,5)/b32-31+;. The number of para-hydroxylation sites is 1. The van der Waals surface area contributed by atoms with Crippen molar-refractivity contribution in [3.8, 4) is 0 Å². The number of ether oxygens (including phenoxy) is 1. The van der Waals surface area contributed by atoms with Crippen LogP contribution in [0.5, 0.6) is 0 Å². The van der Waals surface area contributed by atoms with E-state index in [-0.39, 0.29) is 0 Å². The molecule has 2 heterocycles. The Hall–Kier alpha value is -4.56.